The van der Waals surface area contributed by atoms with Gasteiger partial charge in [-0.2, -0.15) is 0 Å². The molecular weight excluding hydrogens is 436 g/mol. The van der Waals surface area contributed by atoms with Gasteiger partial charge in [-0.25, -0.2) is 4.79 Å². The number of rotatable bonds is 15. The lowest BCUT2D eigenvalue weighted by Gasteiger charge is -2.09. The van der Waals surface area contributed by atoms with Gasteiger partial charge >= 0.3 is 5.97 Å². The molecule has 0 fully saturated rings. The number of unbranched alkanes of at least 4 members (excludes halogenated alkanes) is 5. The topological polar surface area (TPSA) is 44.8 Å². The Morgan fingerprint density at radius 3 is 1.91 bits per heavy atom. The molecule has 0 heterocycles. The van der Waals surface area contributed by atoms with E-state index in [4.69, 9.17) is 14.2 Å². The normalized spacial score (nSPS) is 10.5. The minimum atomic E-state index is -0.356. The highest BCUT2D eigenvalue weighted by molar-refractivity contribution is 5.89. The smallest absolute Gasteiger partial charge is 0.338 e. The molecule has 35 heavy (non-hydrogen) atoms. The maximum atomic E-state index is 11.9. The fraction of sp³-hybridized carbons (Fsp3) is 0.323. The third kappa shape index (κ3) is 8.97. The minimum absolute atomic E-state index is 0.205. The Balaban J connectivity index is 1.43. The van der Waals surface area contributed by atoms with Gasteiger partial charge in [-0.05, 0) is 59.5 Å². The molecule has 0 aliphatic carbocycles. The van der Waals surface area contributed by atoms with Crippen molar-refractivity contribution in [3.8, 4) is 22.6 Å². The van der Waals surface area contributed by atoms with Crippen molar-refractivity contribution in [3.05, 3.63) is 96.6 Å². The lowest BCUT2D eigenvalue weighted by Crippen LogP contribution is -2.05. The number of carbonyl (C=O) groups excluding carboxylic acids is 1. The van der Waals surface area contributed by atoms with Crippen LogP contribution in [0.25, 0.3) is 11.1 Å². The first-order chi connectivity index (χ1) is 17.2. The molecule has 0 saturated carbocycles. The highest BCUT2D eigenvalue weighted by Gasteiger charge is 2.06. The quantitative estimate of drug-likeness (QED) is 0.128. The van der Waals surface area contributed by atoms with Crippen molar-refractivity contribution in [2.24, 2.45) is 0 Å². The summed E-state index contributed by atoms with van der Waals surface area (Å²) < 4.78 is 16.8. The molecule has 0 spiro atoms. The zero-order valence-corrected chi connectivity index (χ0v) is 20.7. The summed E-state index contributed by atoms with van der Waals surface area (Å²) in [6.07, 6.45) is 9.14. The lowest BCUT2D eigenvalue weighted by atomic mass is 10.1. The summed E-state index contributed by atoms with van der Waals surface area (Å²) in [6, 6.07) is 23.5. The Bertz CT molecular complexity index is 1020. The number of ether oxygens (including phenoxy) is 3. The molecule has 0 saturated heterocycles. The number of carbonyl (C=O) groups is 1. The van der Waals surface area contributed by atoms with Crippen molar-refractivity contribution in [3.63, 3.8) is 0 Å². The lowest BCUT2D eigenvalue weighted by molar-refractivity contribution is 0.0549. The van der Waals surface area contributed by atoms with Crippen molar-refractivity contribution >= 4 is 5.97 Å². The van der Waals surface area contributed by atoms with Gasteiger partial charge in [0, 0.05) is 0 Å². The van der Waals surface area contributed by atoms with Crippen LogP contribution in [0, 0.1) is 0 Å². The Labute approximate surface area is 209 Å². The van der Waals surface area contributed by atoms with Gasteiger partial charge < -0.3 is 14.2 Å². The van der Waals surface area contributed by atoms with Crippen molar-refractivity contribution in [2.75, 3.05) is 13.2 Å². The average Bonchev–Trinajstić information content (AvgIpc) is 2.91. The van der Waals surface area contributed by atoms with Gasteiger partial charge in [0.25, 0.3) is 0 Å². The summed E-state index contributed by atoms with van der Waals surface area (Å²) in [7, 11) is 0. The van der Waals surface area contributed by atoms with Crippen LogP contribution < -0.4 is 9.47 Å². The number of hydrogen-bond donors (Lipinski definition) is 0. The molecule has 0 bridgehead atoms. The predicted molar refractivity (Wildman–Crippen MR) is 142 cm³/mol. The molecule has 0 atom stereocenters. The molecule has 0 amide bonds. The molecule has 3 rings (SSSR count). The molecule has 3 aromatic carbocycles. The van der Waals surface area contributed by atoms with Crippen molar-refractivity contribution < 1.29 is 19.0 Å². The molecular formula is C31H36O4. The van der Waals surface area contributed by atoms with Gasteiger partial charge in [0.15, 0.2) is 0 Å². The molecule has 0 aliphatic rings. The molecule has 4 nitrogen and oxygen atoms in total. The highest BCUT2D eigenvalue weighted by atomic mass is 16.5. The SMILES string of the molecule is C=CCOC(=O)c1ccc(COc2ccc(-c3ccc(OCCCCCCCC)cc3)cc2)cc1. The zero-order valence-electron chi connectivity index (χ0n) is 20.7. The zero-order chi connectivity index (χ0) is 24.7. The summed E-state index contributed by atoms with van der Waals surface area (Å²) in [5.41, 5.74) is 3.76. The van der Waals surface area contributed by atoms with Gasteiger partial charge in [-0.1, -0.05) is 88.1 Å². The van der Waals surface area contributed by atoms with Gasteiger partial charge in [0.05, 0.1) is 12.2 Å². The summed E-state index contributed by atoms with van der Waals surface area (Å²) in [5, 5.41) is 0. The third-order valence-electron chi connectivity index (χ3n) is 5.74. The van der Waals surface area contributed by atoms with Gasteiger partial charge in [-0.15, -0.1) is 0 Å². The van der Waals surface area contributed by atoms with E-state index < -0.39 is 0 Å². The molecule has 184 valence electrons. The van der Waals surface area contributed by atoms with Crippen molar-refractivity contribution in [2.45, 2.75) is 52.1 Å². The Hall–Kier alpha value is -3.53. The van der Waals surface area contributed by atoms with E-state index in [1.54, 1.807) is 18.2 Å². The van der Waals surface area contributed by atoms with Crippen LogP contribution in [0.4, 0.5) is 0 Å². The van der Waals surface area contributed by atoms with E-state index in [0.29, 0.717) is 12.2 Å². The molecule has 0 N–H and O–H groups in total. The third-order valence-corrected chi connectivity index (χ3v) is 5.74. The standard InChI is InChI=1S/C31H36O4/c1-3-5-6-7-8-9-23-33-29-18-14-26(15-19-29)27-16-20-30(21-17-27)35-24-25-10-12-28(13-11-25)31(32)34-22-4-2/h4,10-21H,2-3,5-9,22-24H2,1H3. The molecule has 0 unspecified atom stereocenters. The summed E-state index contributed by atoms with van der Waals surface area (Å²) in [6.45, 7) is 7.19. The number of hydrogen-bond acceptors (Lipinski definition) is 4. The molecule has 0 aromatic heterocycles. The van der Waals surface area contributed by atoms with Crippen LogP contribution in [0.2, 0.25) is 0 Å². The second kappa shape index (κ2) is 14.7. The van der Waals surface area contributed by atoms with Crippen molar-refractivity contribution in [1.29, 1.82) is 0 Å². The summed E-state index contributed by atoms with van der Waals surface area (Å²) in [4.78, 5) is 11.9. The monoisotopic (exact) mass is 472 g/mol. The first-order valence-corrected chi connectivity index (χ1v) is 12.5. The fourth-order valence-electron chi connectivity index (χ4n) is 3.68. The van der Waals surface area contributed by atoms with E-state index >= 15 is 0 Å². The van der Waals surface area contributed by atoms with E-state index in [1.807, 2.05) is 36.4 Å². The van der Waals surface area contributed by atoms with Crippen LogP contribution in [0.5, 0.6) is 11.5 Å². The van der Waals surface area contributed by atoms with E-state index in [-0.39, 0.29) is 12.6 Å². The highest BCUT2D eigenvalue weighted by Crippen LogP contribution is 2.25. The second-order valence-corrected chi connectivity index (χ2v) is 8.54. The van der Waals surface area contributed by atoms with Crippen molar-refractivity contribution in [1.82, 2.24) is 0 Å². The second-order valence-electron chi connectivity index (χ2n) is 8.54. The maximum Gasteiger partial charge on any atom is 0.338 e. The fourth-order valence-corrected chi connectivity index (χ4v) is 3.68. The first kappa shape index (κ1) is 26.1. The Kier molecular flexibility index (Phi) is 10.9. The first-order valence-electron chi connectivity index (χ1n) is 12.5. The molecule has 3 aromatic rings. The predicted octanol–water partition coefficient (Wildman–Crippen LogP) is 8.01. The van der Waals surface area contributed by atoms with E-state index in [9.17, 15) is 4.79 Å². The Morgan fingerprint density at radius 2 is 1.31 bits per heavy atom. The van der Waals surface area contributed by atoms with Crippen LogP contribution in [0.3, 0.4) is 0 Å². The summed E-state index contributed by atoms with van der Waals surface area (Å²) >= 11 is 0. The van der Waals surface area contributed by atoms with E-state index in [1.165, 1.54) is 32.1 Å². The molecule has 0 aliphatic heterocycles. The minimum Gasteiger partial charge on any atom is -0.494 e. The van der Waals surface area contributed by atoms with Crippen LogP contribution in [0.15, 0.2) is 85.5 Å². The average molecular weight is 473 g/mol. The van der Waals surface area contributed by atoms with Gasteiger partial charge in [0.1, 0.15) is 24.7 Å². The van der Waals surface area contributed by atoms with E-state index in [2.05, 4.69) is 37.8 Å². The van der Waals surface area contributed by atoms with Gasteiger partial charge in [-0.3, -0.25) is 0 Å². The number of esters is 1. The van der Waals surface area contributed by atoms with Crippen LogP contribution in [-0.2, 0) is 11.3 Å². The van der Waals surface area contributed by atoms with Crippen LogP contribution in [0.1, 0.15) is 61.4 Å². The number of benzene rings is 3. The Morgan fingerprint density at radius 1 is 0.743 bits per heavy atom. The van der Waals surface area contributed by atoms with Crippen LogP contribution in [-0.4, -0.2) is 19.2 Å². The van der Waals surface area contributed by atoms with E-state index in [0.717, 1.165) is 41.2 Å². The van der Waals surface area contributed by atoms with Crippen LogP contribution >= 0.6 is 0 Å². The molecule has 0 radical (unpaired) electrons. The maximum absolute atomic E-state index is 11.9. The van der Waals surface area contributed by atoms with Gasteiger partial charge in [0.2, 0.25) is 0 Å². The molecule has 4 heteroatoms. The largest absolute Gasteiger partial charge is 0.494 e. The summed E-state index contributed by atoms with van der Waals surface area (Å²) in [5.74, 6) is 1.36.